The number of nitrogens with zero attached hydrogens (tertiary/aromatic N) is 1. The van der Waals surface area contributed by atoms with E-state index in [0.29, 0.717) is 10.3 Å². The summed E-state index contributed by atoms with van der Waals surface area (Å²) in [6, 6.07) is 0. The second-order valence-corrected chi connectivity index (χ2v) is 4.95. The van der Waals surface area contributed by atoms with E-state index in [4.69, 9.17) is 16.3 Å². The van der Waals surface area contributed by atoms with Crippen LogP contribution in [0, 0.1) is 0 Å². The van der Waals surface area contributed by atoms with Gasteiger partial charge in [-0.25, -0.2) is 4.98 Å². The molecule has 1 N–H and O–H groups in total. The summed E-state index contributed by atoms with van der Waals surface area (Å²) < 4.78 is 5.26. The van der Waals surface area contributed by atoms with E-state index >= 15 is 0 Å². The first-order valence-corrected chi connectivity index (χ1v) is 6.00. The molecule has 1 aromatic rings. The minimum absolute atomic E-state index is 0.189. The number of thioether (sulfide) groups is 1. The van der Waals surface area contributed by atoms with Crippen molar-refractivity contribution in [3.05, 3.63) is 21.7 Å². The highest BCUT2D eigenvalue weighted by Crippen LogP contribution is 2.30. The van der Waals surface area contributed by atoms with E-state index in [1.54, 1.807) is 11.8 Å². The quantitative estimate of drug-likeness (QED) is 0.807. The number of hydrogen-bond donors (Lipinski definition) is 1. The standard InChI is InChI=1S/C9H11ClN2O2S/c10-7-8(13)11-5-12-9(7)15-6-1-3-14-4-2-6/h5-6H,1-4H2,(H,11,12,13). The zero-order valence-corrected chi connectivity index (χ0v) is 9.61. The fraction of sp³-hybridized carbons (Fsp3) is 0.556. The van der Waals surface area contributed by atoms with Crippen LogP contribution in [0.15, 0.2) is 16.1 Å². The van der Waals surface area contributed by atoms with E-state index in [0.717, 1.165) is 26.1 Å². The van der Waals surface area contributed by atoms with Gasteiger partial charge >= 0.3 is 0 Å². The van der Waals surface area contributed by atoms with Gasteiger partial charge in [0, 0.05) is 18.5 Å². The maximum absolute atomic E-state index is 11.2. The first kappa shape index (κ1) is 11.0. The molecule has 0 amide bonds. The molecule has 0 saturated carbocycles. The molecule has 0 radical (unpaired) electrons. The molecule has 2 rings (SSSR count). The van der Waals surface area contributed by atoms with Crippen LogP contribution in [0.5, 0.6) is 0 Å². The molecule has 0 spiro atoms. The number of nitrogens with one attached hydrogen (secondary N) is 1. The molecule has 15 heavy (non-hydrogen) atoms. The van der Waals surface area contributed by atoms with Crippen LogP contribution >= 0.6 is 23.4 Å². The lowest BCUT2D eigenvalue weighted by Crippen LogP contribution is -2.18. The molecule has 1 saturated heterocycles. The lowest BCUT2D eigenvalue weighted by molar-refractivity contribution is 0.1000. The summed E-state index contributed by atoms with van der Waals surface area (Å²) in [5.41, 5.74) is -0.277. The molecule has 1 aliphatic heterocycles. The minimum atomic E-state index is -0.277. The first-order chi connectivity index (χ1) is 7.27. The zero-order chi connectivity index (χ0) is 10.7. The largest absolute Gasteiger partial charge is 0.381 e. The molecular formula is C9H11ClN2O2S. The SMILES string of the molecule is O=c1[nH]cnc(SC2CCOCC2)c1Cl. The van der Waals surface area contributed by atoms with Gasteiger partial charge in [0.2, 0.25) is 0 Å². The smallest absolute Gasteiger partial charge is 0.270 e. The van der Waals surface area contributed by atoms with Gasteiger partial charge in [-0.3, -0.25) is 4.79 Å². The van der Waals surface area contributed by atoms with E-state index in [1.165, 1.54) is 6.33 Å². The first-order valence-electron chi connectivity index (χ1n) is 4.75. The van der Waals surface area contributed by atoms with E-state index < -0.39 is 0 Å². The number of ether oxygens (including phenoxy) is 1. The molecule has 0 atom stereocenters. The molecule has 0 aromatic carbocycles. The third-order valence-electron chi connectivity index (χ3n) is 2.21. The Balaban J connectivity index is 2.09. The highest BCUT2D eigenvalue weighted by molar-refractivity contribution is 8.00. The Bertz CT molecular complexity index is 390. The third-order valence-corrected chi connectivity index (χ3v) is 4.01. The van der Waals surface area contributed by atoms with Gasteiger partial charge in [0.1, 0.15) is 10.0 Å². The van der Waals surface area contributed by atoms with Crippen LogP contribution in [0.4, 0.5) is 0 Å². The molecule has 2 heterocycles. The van der Waals surface area contributed by atoms with Crippen LogP contribution in [-0.2, 0) is 4.74 Å². The number of aromatic amines is 1. The van der Waals surface area contributed by atoms with Crippen molar-refractivity contribution in [3.63, 3.8) is 0 Å². The van der Waals surface area contributed by atoms with Crippen LogP contribution in [0.2, 0.25) is 5.02 Å². The highest BCUT2D eigenvalue weighted by atomic mass is 35.5. The van der Waals surface area contributed by atoms with Crippen molar-refractivity contribution < 1.29 is 4.74 Å². The van der Waals surface area contributed by atoms with Crippen molar-refractivity contribution in [3.8, 4) is 0 Å². The van der Waals surface area contributed by atoms with Gasteiger partial charge in [-0.2, -0.15) is 0 Å². The van der Waals surface area contributed by atoms with Gasteiger partial charge in [0.25, 0.3) is 5.56 Å². The molecular weight excluding hydrogens is 236 g/mol. The molecule has 1 aliphatic rings. The second-order valence-electron chi connectivity index (χ2n) is 3.28. The van der Waals surface area contributed by atoms with E-state index in [-0.39, 0.29) is 10.6 Å². The summed E-state index contributed by atoms with van der Waals surface area (Å²) in [6.45, 7) is 1.55. The molecule has 0 aliphatic carbocycles. The Morgan fingerprint density at radius 2 is 2.27 bits per heavy atom. The second kappa shape index (κ2) is 5.01. The fourth-order valence-corrected chi connectivity index (χ4v) is 2.69. The molecule has 0 unspecified atom stereocenters. The zero-order valence-electron chi connectivity index (χ0n) is 8.03. The van der Waals surface area contributed by atoms with Crippen molar-refractivity contribution in [2.24, 2.45) is 0 Å². The molecule has 6 heteroatoms. The van der Waals surface area contributed by atoms with Crippen molar-refractivity contribution in [2.75, 3.05) is 13.2 Å². The van der Waals surface area contributed by atoms with Gasteiger partial charge in [-0.15, -0.1) is 11.8 Å². The molecule has 82 valence electrons. The molecule has 1 aromatic heterocycles. The maximum atomic E-state index is 11.2. The van der Waals surface area contributed by atoms with Gasteiger partial charge in [-0.05, 0) is 12.8 Å². The van der Waals surface area contributed by atoms with Crippen molar-refractivity contribution in [1.82, 2.24) is 9.97 Å². The summed E-state index contributed by atoms with van der Waals surface area (Å²) in [6.07, 6.45) is 3.35. The van der Waals surface area contributed by atoms with Crippen molar-refractivity contribution in [1.29, 1.82) is 0 Å². The maximum Gasteiger partial charge on any atom is 0.270 e. The predicted octanol–water partition coefficient (Wildman–Crippen LogP) is 1.69. The highest BCUT2D eigenvalue weighted by Gasteiger charge is 2.17. The van der Waals surface area contributed by atoms with E-state index in [1.807, 2.05) is 0 Å². The lowest BCUT2D eigenvalue weighted by Gasteiger charge is -2.20. The monoisotopic (exact) mass is 246 g/mol. The van der Waals surface area contributed by atoms with Crippen molar-refractivity contribution >= 4 is 23.4 Å². The van der Waals surface area contributed by atoms with Gasteiger partial charge in [-0.1, -0.05) is 11.6 Å². The Labute approximate surface area is 96.4 Å². The Morgan fingerprint density at radius 3 is 3.00 bits per heavy atom. The topological polar surface area (TPSA) is 55.0 Å². The summed E-state index contributed by atoms with van der Waals surface area (Å²) in [7, 11) is 0. The van der Waals surface area contributed by atoms with Crippen LogP contribution in [0.3, 0.4) is 0 Å². The Hall–Kier alpha value is -0.520. The van der Waals surface area contributed by atoms with Crippen LogP contribution < -0.4 is 5.56 Å². The van der Waals surface area contributed by atoms with Crippen LogP contribution in [0.25, 0.3) is 0 Å². The molecule has 0 bridgehead atoms. The normalized spacial score (nSPS) is 17.9. The Morgan fingerprint density at radius 1 is 1.53 bits per heavy atom. The summed E-state index contributed by atoms with van der Waals surface area (Å²) in [5, 5.41) is 1.26. The fourth-order valence-electron chi connectivity index (χ4n) is 1.40. The number of rotatable bonds is 2. The predicted molar refractivity (Wildman–Crippen MR) is 59.6 cm³/mol. The van der Waals surface area contributed by atoms with Crippen molar-refractivity contribution in [2.45, 2.75) is 23.1 Å². The van der Waals surface area contributed by atoms with E-state index in [9.17, 15) is 4.79 Å². The number of hydrogen-bond acceptors (Lipinski definition) is 4. The third kappa shape index (κ3) is 2.74. The number of H-pyrrole nitrogens is 1. The number of aromatic nitrogens is 2. The number of halogens is 1. The average Bonchev–Trinajstić information content (AvgIpc) is 2.26. The van der Waals surface area contributed by atoms with Crippen LogP contribution in [0.1, 0.15) is 12.8 Å². The van der Waals surface area contributed by atoms with Gasteiger partial charge < -0.3 is 9.72 Å². The van der Waals surface area contributed by atoms with Gasteiger partial charge in [0.15, 0.2) is 0 Å². The van der Waals surface area contributed by atoms with Crippen LogP contribution in [-0.4, -0.2) is 28.4 Å². The van der Waals surface area contributed by atoms with E-state index in [2.05, 4.69) is 9.97 Å². The lowest BCUT2D eigenvalue weighted by atomic mass is 10.2. The summed E-state index contributed by atoms with van der Waals surface area (Å²) in [4.78, 5) is 17.7. The minimum Gasteiger partial charge on any atom is -0.381 e. The average molecular weight is 247 g/mol. The summed E-state index contributed by atoms with van der Waals surface area (Å²) in [5.74, 6) is 0. The van der Waals surface area contributed by atoms with Gasteiger partial charge in [0.05, 0.1) is 6.33 Å². The summed E-state index contributed by atoms with van der Waals surface area (Å²) >= 11 is 7.42. The molecule has 4 nitrogen and oxygen atoms in total. The Kier molecular flexibility index (Phi) is 3.66. The molecule has 1 fully saturated rings.